The lowest BCUT2D eigenvalue weighted by Crippen LogP contribution is -2.61. The van der Waals surface area contributed by atoms with Crippen molar-refractivity contribution >= 4 is 82.5 Å². The highest BCUT2D eigenvalue weighted by atomic mass is 35.5. The molecule has 10 atom stereocenters. The van der Waals surface area contributed by atoms with Crippen LogP contribution in [-0.2, 0) is 65.5 Å². The van der Waals surface area contributed by atoms with Gasteiger partial charge in [0.1, 0.15) is 64.8 Å². The monoisotopic (exact) mass is 1260 g/mol. The number of benzene rings is 2. The molecule has 3 aliphatic heterocycles. The molecule has 3 heterocycles. The summed E-state index contributed by atoms with van der Waals surface area (Å²) in [4.78, 5) is 135. The van der Waals surface area contributed by atoms with E-state index in [1.165, 1.54) is 49.8 Å². The van der Waals surface area contributed by atoms with Crippen LogP contribution in [0.25, 0.3) is 0 Å². The van der Waals surface area contributed by atoms with E-state index in [9.17, 15) is 53.1 Å². The molecule has 2 aromatic carbocycles. The molecule has 0 spiro atoms. The van der Waals surface area contributed by atoms with E-state index in [4.69, 9.17) is 41.0 Å². The fraction of sp³-hybridized carbons (Fsp3) is 0.587. The van der Waals surface area contributed by atoms with Gasteiger partial charge in [0.2, 0.25) is 29.5 Å². The number of ketones is 1. The van der Waals surface area contributed by atoms with E-state index in [1.807, 2.05) is 32.1 Å². The van der Waals surface area contributed by atoms with Crippen LogP contribution < -0.4 is 42.0 Å². The first-order valence-corrected chi connectivity index (χ1v) is 30.5. The molecule has 8 N–H and O–H groups in total. The van der Waals surface area contributed by atoms with Crippen LogP contribution in [0.5, 0.6) is 5.75 Å². The number of hydrogen-bond acceptors (Lipinski definition) is 16. The van der Waals surface area contributed by atoms with Crippen molar-refractivity contribution in [1.82, 2.24) is 31.1 Å². The quantitative estimate of drug-likeness (QED) is 0.0247. The number of nitrogens with one attached hydrogen (secondary N) is 5. The Bertz CT molecular complexity index is 2960. The third-order valence-corrected chi connectivity index (χ3v) is 16.9. The molecule has 2 fully saturated rings. The second-order valence-electron chi connectivity index (χ2n) is 23.9. The first-order valence-electron chi connectivity index (χ1n) is 30.1. The molecule has 490 valence electrons. The molecule has 2 aromatic rings. The maximum atomic E-state index is 14.4. The predicted molar refractivity (Wildman–Crippen MR) is 331 cm³/mol. The molecule has 0 saturated carbocycles. The summed E-state index contributed by atoms with van der Waals surface area (Å²) in [5, 5.41) is 25.5. The zero-order valence-electron chi connectivity index (χ0n) is 53.2. The van der Waals surface area contributed by atoms with E-state index in [0.717, 1.165) is 11.1 Å². The number of esters is 1. The first kappa shape index (κ1) is 72.0. The van der Waals surface area contributed by atoms with Gasteiger partial charge in [0.25, 0.3) is 0 Å². The average molecular weight is 1260 g/mol. The zero-order valence-corrected chi connectivity index (χ0v) is 53.9. The van der Waals surface area contributed by atoms with Crippen molar-refractivity contribution in [2.75, 3.05) is 51.6 Å². The van der Waals surface area contributed by atoms with E-state index in [2.05, 4.69) is 26.6 Å². The zero-order chi connectivity index (χ0) is 66.1. The van der Waals surface area contributed by atoms with E-state index in [-0.39, 0.29) is 74.4 Å². The number of epoxide rings is 1. The number of unbranched alkanes of at least 4 members (excludes halogenated alkanes) is 1. The number of methoxy groups -OCH3 is 1. The highest BCUT2D eigenvalue weighted by Crippen LogP contribution is 2.49. The summed E-state index contributed by atoms with van der Waals surface area (Å²) in [6, 6.07) is 5.91. The number of Topliss-reactive ketones (excluding diaryl/α,β-unsaturated/α-hetero) is 1. The van der Waals surface area contributed by atoms with Gasteiger partial charge >= 0.3 is 24.2 Å². The van der Waals surface area contributed by atoms with Gasteiger partial charge in [-0.15, -0.1) is 0 Å². The van der Waals surface area contributed by atoms with Crippen LogP contribution in [0.2, 0.25) is 5.02 Å². The number of rotatable bonds is 25. The predicted octanol–water partition coefficient (Wildman–Crippen LogP) is 6.35. The number of carbonyl (C=O) groups excluding carboxylic acids is 10. The van der Waals surface area contributed by atoms with Gasteiger partial charge in [-0.3, -0.25) is 29.3 Å². The van der Waals surface area contributed by atoms with Crippen LogP contribution in [0.4, 0.5) is 25.8 Å². The van der Waals surface area contributed by atoms with Gasteiger partial charge in [-0.05, 0) is 108 Å². The Hall–Kier alpha value is -7.77. The first-order chi connectivity index (χ1) is 41.9. The molecule has 89 heavy (non-hydrogen) atoms. The Morgan fingerprint density at radius 3 is 2.30 bits per heavy atom. The van der Waals surface area contributed by atoms with E-state index < -0.39 is 114 Å². The molecule has 5 rings (SSSR count). The van der Waals surface area contributed by atoms with Crippen LogP contribution >= 0.6 is 11.6 Å². The number of urea groups is 1. The number of likely N-dealkylation sites (N-methyl/N-ethyl adjacent to an activating group) is 1. The minimum atomic E-state index is -1.69. The third kappa shape index (κ3) is 20.4. The molecular weight excluding hydrogens is 1170 g/mol. The van der Waals surface area contributed by atoms with Crippen molar-refractivity contribution in [1.29, 1.82) is 0 Å². The molecule has 25 nitrogen and oxygen atoms in total. The molecule has 26 heteroatoms. The lowest BCUT2D eigenvalue weighted by molar-refractivity contribution is -0.162. The normalized spacial score (nSPS) is 23.7. The smallest absolute Gasteiger partial charge is 0.409 e. The number of hydrogen-bond donors (Lipinski definition) is 7. The van der Waals surface area contributed by atoms with E-state index in [1.54, 1.807) is 71.1 Å². The number of aliphatic hydroxyl groups is 1. The molecule has 0 unspecified atom stereocenters. The number of amides is 9. The van der Waals surface area contributed by atoms with E-state index >= 15 is 0 Å². The van der Waals surface area contributed by atoms with E-state index in [0.29, 0.717) is 54.8 Å². The van der Waals surface area contributed by atoms with Gasteiger partial charge in [-0.25, -0.2) is 19.2 Å². The van der Waals surface area contributed by atoms with Crippen molar-refractivity contribution in [2.45, 2.75) is 180 Å². The summed E-state index contributed by atoms with van der Waals surface area (Å²) >= 11 is 6.85. The van der Waals surface area contributed by atoms with Gasteiger partial charge < -0.3 is 75.3 Å². The van der Waals surface area contributed by atoms with Crippen LogP contribution in [0, 0.1) is 17.8 Å². The minimum Gasteiger partial charge on any atom is -0.495 e. The molecule has 3 aliphatic rings. The molecule has 0 aromatic heterocycles. The number of alkyl carbamates (subject to hydrolysis) is 1. The molecule has 0 aliphatic carbocycles. The highest BCUT2D eigenvalue weighted by Gasteiger charge is 2.64. The van der Waals surface area contributed by atoms with Crippen molar-refractivity contribution < 1.29 is 76.7 Å². The SMILES string of the molecule is CC[C@@H]1/C=C/C=C(\C)Cc2cc(OC)c(Cl)c(c2)N(C)C(=O)C[C@H](OC(=O)[C@H](C)N(C)C(=O)CCN(C)C(=O)OCc2ccc(NC(=O)[C@H](CCCNC(N)=O)NC(=O)[C@@H](NC(=O)CCCCC(C)=O)C(C)C)cc2)[C@]2(C)O[C@H]2[C@H](C)[C@@H]2C[C@@]1(O)NC(=O)O2. The van der Waals surface area contributed by atoms with Crippen molar-refractivity contribution in [3.05, 3.63) is 76.3 Å². The largest absolute Gasteiger partial charge is 0.495 e. The summed E-state index contributed by atoms with van der Waals surface area (Å²) in [5.41, 5.74) is 5.14. The fourth-order valence-corrected chi connectivity index (χ4v) is 11.0. The molecular formula is C63H90ClN9O16. The number of halogens is 1. The number of anilines is 2. The van der Waals surface area contributed by atoms with Crippen molar-refractivity contribution in [2.24, 2.45) is 23.5 Å². The Morgan fingerprint density at radius 1 is 0.978 bits per heavy atom. The van der Waals surface area contributed by atoms with Gasteiger partial charge in [0.05, 0.1) is 25.3 Å². The average Bonchev–Trinajstić information content (AvgIpc) is 1.86. The molecule has 4 bridgehead atoms. The third-order valence-electron chi connectivity index (χ3n) is 16.5. The van der Waals surface area contributed by atoms with Gasteiger partial charge in [-0.2, -0.15) is 0 Å². The summed E-state index contributed by atoms with van der Waals surface area (Å²) in [7, 11) is 5.85. The lowest BCUT2D eigenvalue weighted by Gasteiger charge is -2.42. The Kier molecular flexibility index (Phi) is 26.4. The van der Waals surface area contributed by atoms with Gasteiger partial charge in [0.15, 0.2) is 0 Å². The Labute approximate surface area is 525 Å². The molecule has 0 radical (unpaired) electrons. The number of allylic oxidation sites excluding steroid dienone is 3. The Balaban J connectivity index is 1.21. The van der Waals surface area contributed by atoms with Crippen LogP contribution in [0.3, 0.4) is 0 Å². The summed E-state index contributed by atoms with van der Waals surface area (Å²) in [6.07, 6.45) is 3.27. The summed E-state index contributed by atoms with van der Waals surface area (Å²) in [5.74, 6) is -4.50. The minimum absolute atomic E-state index is 0.000840. The van der Waals surface area contributed by atoms with Gasteiger partial charge in [0, 0.05) is 77.4 Å². The lowest BCUT2D eigenvalue weighted by atomic mass is 9.80. The highest BCUT2D eigenvalue weighted by molar-refractivity contribution is 6.35. The van der Waals surface area contributed by atoms with Crippen LogP contribution in [0.1, 0.15) is 131 Å². The van der Waals surface area contributed by atoms with Crippen LogP contribution in [0.15, 0.2) is 60.2 Å². The second kappa shape index (κ2) is 32.6. The number of fused-ring (bicyclic) bond motifs is 5. The second-order valence-corrected chi connectivity index (χ2v) is 24.2. The van der Waals surface area contributed by atoms with Crippen LogP contribution in [-0.4, -0.2) is 164 Å². The van der Waals surface area contributed by atoms with Crippen molar-refractivity contribution in [3.8, 4) is 5.75 Å². The molecule has 9 amide bonds. The topological polar surface area (TPSA) is 336 Å². The maximum absolute atomic E-state index is 14.4. The van der Waals surface area contributed by atoms with Gasteiger partial charge in [-0.1, -0.05) is 75.2 Å². The summed E-state index contributed by atoms with van der Waals surface area (Å²) in [6.45, 7) is 13.6. The maximum Gasteiger partial charge on any atom is 0.409 e. The fourth-order valence-electron chi connectivity index (χ4n) is 10.7. The number of carbonyl (C=O) groups is 10. The number of ether oxygens (including phenoxy) is 5. The number of nitrogens with zero attached hydrogens (tertiary/aromatic N) is 3. The summed E-state index contributed by atoms with van der Waals surface area (Å²) < 4.78 is 29.4. The number of primary amides is 1. The number of nitrogens with two attached hydrogens (primary N) is 1. The Morgan fingerprint density at radius 2 is 1.66 bits per heavy atom. The standard InChI is InChI=1S/C63H90ClN9O16/c1-13-43-20-16-18-37(4)30-42-31-46(53(64)47(32-42)85-12)73(11)52(77)33-49(62(8)55(89-62)39(6)48-34-63(43,84)70-60(82)87-48)88-58(80)40(7)72(10)51(76)27-29-71(9)61(83)86-35-41-23-25-44(26-24-41)67-56(78)45(21-17-28-66-59(65)81)68-57(79)54(36(2)3)69-50(75)22-15-14-19-38(5)74/h16,18,20,23-26,31-32,36,39-40,43,45,48-49,54-55,84H,13-15,17,19,21-22,27-30,33-35H2,1-12H3,(H,67,78)(H,68,79)(H,69,75)(H,70,82)(H3,65,66,81)/b20-16+,37-18+/t39-,40+,43-,45+,48+,49+,54+,55+,62+,63+/m1/s1. The molecule has 2 saturated heterocycles. The van der Waals surface area contributed by atoms with Crippen molar-refractivity contribution in [3.63, 3.8) is 0 Å².